The van der Waals surface area contributed by atoms with E-state index in [0.29, 0.717) is 32.5 Å². The average Bonchev–Trinajstić information content (AvgIpc) is 2.65. The van der Waals surface area contributed by atoms with E-state index in [4.69, 9.17) is 6.42 Å². The van der Waals surface area contributed by atoms with Crippen molar-refractivity contribution >= 4 is 11.8 Å². The van der Waals surface area contributed by atoms with Gasteiger partial charge in [-0.1, -0.05) is 18.1 Å². The molecule has 1 fully saturated rings. The largest absolute Gasteiger partial charge is 0.352 e. The molecule has 0 aliphatic carbocycles. The highest BCUT2D eigenvalue weighted by Crippen LogP contribution is 2.19. The number of carbonyl (C=O) groups excluding carboxylic acids is 2. The monoisotopic (exact) mass is 345 g/mol. The Bertz CT molecular complexity index is 631. The van der Waals surface area contributed by atoms with Crippen molar-refractivity contribution in [2.75, 3.05) is 19.6 Å². The minimum Gasteiger partial charge on any atom is -0.352 e. The van der Waals surface area contributed by atoms with Crippen LogP contribution in [-0.4, -0.2) is 42.4 Å². The molecule has 0 bridgehead atoms. The van der Waals surface area contributed by atoms with Crippen LogP contribution in [0.15, 0.2) is 24.3 Å². The second-order valence-corrected chi connectivity index (χ2v) is 6.25. The van der Waals surface area contributed by atoms with Gasteiger partial charge in [0.15, 0.2) is 0 Å². The SMILES string of the molecule is C#CCNC(=O)C(C)N1CCC(C(=O)NCc2ccc(F)cc2)CC1. The second kappa shape index (κ2) is 9.19. The Morgan fingerprint density at radius 2 is 1.92 bits per heavy atom. The molecule has 0 saturated carbocycles. The number of nitrogens with one attached hydrogen (secondary N) is 2. The van der Waals surface area contributed by atoms with Gasteiger partial charge in [0.05, 0.1) is 12.6 Å². The molecule has 1 aliphatic rings. The van der Waals surface area contributed by atoms with Crippen LogP contribution in [0.25, 0.3) is 0 Å². The van der Waals surface area contributed by atoms with Crippen LogP contribution in [0.2, 0.25) is 0 Å². The Morgan fingerprint density at radius 3 is 2.52 bits per heavy atom. The first-order chi connectivity index (χ1) is 12.0. The maximum absolute atomic E-state index is 12.9. The van der Waals surface area contributed by atoms with Crippen molar-refractivity contribution in [3.05, 3.63) is 35.6 Å². The summed E-state index contributed by atoms with van der Waals surface area (Å²) in [6.07, 6.45) is 6.56. The Hall–Kier alpha value is -2.39. The molecule has 2 amide bonds. The number of hydrogen-bond acceptors (Lipinski definition) is 3. The van der Waals surface area contributed by atoms with Crippen molar-refractivity contribution in [2.24, 2.45) is 5.92 Å². The van der Waals surface area contributed by atoms with Crippen LogP contribution in [0.1, 0.15) is 25.3 Å². The number of likely N-dealkylation sites (tertiary alicyclic amines) is 1. The van der Waals surface area contributed by atoms with Crippen LogP contribution in [0, 0.1) is 24.1 Å². The molecule has 1 saturated heterocycles. The predicted octanol–water partition coefficient (Wildman–Crippen LogP) is 1.29. The van der Waals surface area contributed by atoms with E-state index in [2.05, 4.69) is 21.5 Å². The quantitative estimate of drug-likeness (QED) is 0.764. The summed E-state index contributed by atoms with van der Waals surface area (Å²) in [5.74, 6) is 1.96. The number of halogens is 1. The molecule has 2 N–H and O–H groups in total. The van der Waals surface area contributed by atoms with Gasteiger partial charge in [0.2, 0.25) is 11.8 Å². The van der Waals surface area contributed by atoms with Crippen LogP contribution in [-0.2, 0) is 16.1 Å². The minimum absolute atomic E-state index is 0.00779. The van der Waals surface area contributed by atoms with E-state index in [-0.39, 0.29) is 36.1 Å². The summed E-state index contributed by atoms with van der Waals surface area (Å²) >= 11 is 0. The topological polar surface area (TPSA) is 61.4 Å². The summed E-state index contributed by atoms with van der Waals surface area (Å²) in [6, 6.07) is 5.83. The molecular weight excluding hydrogens is 321 g/mol. The summed E-state index contributed by atoms with van der Waals surface area (Å²) in [5, 5.41) is 5.58. The van der Waals surface area contributed by atoms with Gasteiger partial charge in [0.25, 0.3) is 0 Å². The Balaban J connectivity index is 1.75. The molecule has 1 unspecified atom stereocenters. The summed E-state index contributed by atoms with van der Waals surface area (Å²) < 4.78 is 12.9. The van der Waals surface area contributed by atoms with Crippen LogP contribution in [0.4, 0.5) is 4.39 Å². The first kappa shape index (κ1) is 18.9. The lowest BCUT2D eigenvalue weighted by atomic mass is 9.94. The summed E-state index contributed by atoms with van der Waals surface area (Å²) in [4.78, 5) is 26.3. The second-order valence-electron chi connectivity index (χ2n) is 6.25. The third-order valence-corrected chi connectivity index (χ3v) is 4.57. The van der Waals surface area contributed by atoms with Gasteiger partial charge < -0.3 is 10.6 Å². The lowest BCUT2D eigenvalue weighted by molar-refractivity contribution is -0.128. The summed E-state index contributed by atoms with van der Waals surface area (Å²) in [6.45, 7) is 3.86. The standard InChI is InChI=1S/C19H24FN3O2/c1-3-10-21-18(24)14(2)23-11-8-16(9-12-23)19(25)22-13-15-4-6-17(20)7-5-15/h1,4-7,14,16H,8-13H2,2H3,(H,21,24)(H,22,25). The number of amides is 2. The number of hydrogen-bond donors (Lipinski definition) is 2. The number of nitrogens with zero attached hydrogens (tertiary/aromatic N) is 1. The van der Waals surface area contributed by atoms with Gasteiger partial charge >= 0.3 is 0 Å². The van der Waals surface area contributed by atoms with Crippen LogP contribution >= 0.6 is 0 Å². The lowest BCUT2D eigenvalue weighted by Crippen LogP contribution is -2.49. The smallest absolute Gasteiger partial charge is 0.237 e. The molecule has 134 valence electrons. The zero-order chi connectivity index (χ0) is 18.2. The molecule has 1 heterocycles. The van der Waals surface area contributed by atoms with Gasteiger partial charge in [-0.25, -0.2) is 4.39 Å². The third-order valence-electron chi connectivity index (χ3n) is 4.57. The number of piperidine rings is 1. The molecule has 1 aromatic carbocycles. The van der Waals surface area contributed by atoms with E-state index in [1.165, 1.54) is 12.1 Å². The van der Waals surface area contributed by atoms with Crippen molar-refractivity contribution in [1.29, 1.82) is 0 Å². The minimum atomic E-state index is -0.289. The zero-order valence-electron chi connectivity index (χ0n) is 14.4. The molecule has 25 heavy (non-hydrogen) atoms. The van der Waals surface area contributed by atoms with Crippen molar-refractivity contribution < 1.29 is 14.0 Å². The zero-order valence-corrected chi connectivity index (χ0v) is 14.4. The molecule has 6 heteroatoms. The molecule has 5 nitrogen and oxygen atoms in total. The summed E-state index contributed by atoms with van der Waals surface area (Å²) in [7, 11) is 0. The number of terminal acetylenes is 1. The predicted molar refractivity (Wildman–Crippen MR) is 93.8 cm³/mol. The third kappa shape index (κ3) is 5.57. The maximum Gasteiger partial charge on any atom is 0.237 e. The van der Waals surface area contributed by atoms with E-state index >= 15 is 0 Å². The number of rotatable bonds is 6. The van der Waals surface area contributed by atoms with E-state index in [1.54, 1.807) is 12.1 Å². The van der Waals surface area contributed by atoms with Gasteiger partial charge in [0, 0.05) is 12.5 Å². The van der Waals surface area contributed by atoms with Crippen LogP contribution < -0.4 is 10.6 Å². The van der Waals surface area contributed by atoms with Crippen LogP contribution in [0.5, 0.6) is 0 Å². The van der Waals surface area contributed by atoms with Gasteiger partial charge in [-0.3, -0.25) is 14.5 Å². The highest BCUT2D eigenvalue weighted by Gasteiger charge is 2.29. The lowest BCUT2D eigenvalue weighted by Gasteiger charge is -2.34. The van der Waals surface area contributed by atoms with Crippen molar-refractivity contribution in [1.82, 2.24) is 15.5 Å². The van der Waals surface area contributed by atoms with Gasteiger partial charge in [-0.2, -0.15) is 0 Å². The highest BCUT2D eigenvalue weighted by molar-refractivity contribution is 5.81. The van der Waals surface area contributed by atoms with E-state index in [1.807, 2.05) is 6.92 Å². The molecule has 1 atom stereocenters. The van der Waals surface area contributed by atoms with Crippen molar-refractivity contribution in [3.63, 3.8) is 0 Å². The molecule has 0 spiro atoms. The van der Waals surface area contributed by atoms with E-state index in [0.717, 1.165) is 5.56 Å². The van der Waals surface area contributed by atoms with Gasteiger partial charge in [0.1, 0.15) is 5.82 Å². The molecule has 1 aliphatic heterocycles. The van der Waals surface area contributed by atoms with Crippen molar-refractivity contribution in [3.8, 4) is 12.3 Å². The normalized spacial score (nSPS) is 16.7. The number of benzene rings is 1. The fourth-order valence-corrected chi connectivity index (χ4v) is 2.94. The highest BCUT2D eigenvalue weighted by atomic mass is 19.1. The average molecular weight is 345 g/mol. The first-order valence-electron chi connectivity index (χ1n) is 8.48. The molecule has 0 radical (unpaired) electrons. The van der Waals surface area contributed by atoms with Gasteiger partial charge in [-0.05, 0) is 50.6 Å². The molecule has 0 aromatic heterocycles. The van der Waals surface area contributed by atoms with Crippen molar-refractivity contribution in [2.45, 2.75) is 32.4 Å². The fourth-order valence-electron chi connectivity index (χ4n) is 2.94. The Labute approximate surface area is 148 Å². The fraction of sp³-hybridized carbons (Fsp3) is 0.474. The Morgan fingerprint density at radius 1 is 1.28 bits per heavy atom. The van der Waals surface area contributed by atoms with E-state index < -0.39 is 0 Å². The van der Waals surface area contributed by atoms with Gasteiger partial charge in [-0.15, -0.1) is 6.42 Å². The molecular formula is C19H24FN3O2. The molecule has 2 rings (SSSR count). The Kier molecular flexibility index (Phi) is 6.96. The maximum atomic E-state index is 12.9. The summed E-state index contributed by atoms with van der Waals surface area (Å²) in [5.41, 5.74) is 0.867. The molecule has 1 aromatic rings. The number of carbonyl (C=O) groups is 2. The first-order valence-corrected chi connectivity index (χ1v) is 8.48. The van der Waals surface area contributed by atoms with Crippen LogP contribution in [0.3, 0.4) is 0 Å². The van der Waals surface area contributed by atoms with E-state index in [9.17, 15) is 14.0 Å².